The summed E-state index contributed by atoms with van der Waals surface area (Å²) in [5.74, 6) is 0.0705. The molecule has 0 bridgehead atoms. The lowest BCUT2D eigenvalue weighted by atomic mass is 10.1. The second-order valence-corrected chi connectivity index (χ2v) is 8.08. The molecule has 5 rings (SSSR count). The maximum absolute atomic E-state index is 12.8. The molecule has 0 fully saturated rings. The fourth-order valence-electron chi connectivity index (χ4n) is 3.51. The van der Waals surface area contributed by atoms with Gasteiger partial charge in [-0.05, 0) is 24.3 Å². The third kappa shape index (κ3) is 3.40. The first-order valence-electron chi connectivity index (χ1n) is 9.57. The number of benzene rings is 3. The van der Waals surface area contributed by atoms with Gasteiger partial charge >= 0.3 is 0 Å². The molecule has 30 heavy (non-hydrogen) atoms. The van der Waals surface area contributed by atoms with E-state index in [1.54, 1.807) is 23.5 Å². The number of aromatic hydroxyl groups is 1. The van der Waals surface area contributed by atoms with Crippen LogP contribution < -0.4 is 10.00 Å². The Kier molecular flexibility index (Phi) is 4.65. The van der Waals surface area contributed by atoms with Gasteiger partial charge in [-0.3, -0.25) is 4.79 Å². The predicted molar refractivity (Wildman–Crippen MR) is 121 cm³/mol. The largest absolute Gasteiger partial charge is 0.508 e. The van der Waals surface area contributed by atoms with Gasteiger partial charge in [-0.1, -0.05) is 53.8 Å². The average Bonchev–Trinajstić information content (AvgIpc) is 3.11. The molecule has 3 aromatic carbocycles. The summed E-state index contributed by atoms with van der Waals surface area (Å²) < 4.78 is 9.01. The third-order valence-electron chi connectivity index (χ3n) is 5.01. The monoisotopic (exact) mass is 412 g/mol. The van der Waals surface area contributed by atoms with E-state index in [1.807, 2.05) is 36.4 Å². The van der Waals surface area contributed by atoms with E-state index in [4.69, 9.17) is 4.42 Å². The Labute approximate surface area is 176 Å². The number of phenols is 1. The van der Waals surface area contributed by atoms with Crippen LogP contribution in [0.5, 0.6) is 5.75 Å². The second-order valence-electron chi connectivity index (χ2n) is 7.01. The minimum absolute atomic E-state index is 0.0705. The Balaban J connectivity index is 1.58. The Bertz CT molecular complexity index is 1450. The fraction of sp³-hybridized carbons (Fsp3) is 0.0400. The average molecular weight is 412 g/mol. The smallest absolute Gasteiger partial charge is 0.263 e. The SMILES string of the molecule is O=c1c(/C=C/c2sc3ccccc3[n+]2Cc2ccccc2)coc2cc(O)ccc12. The van der Waals surface area contributed by atoms with Gasteiger partial charge in [-0.2, -0.15) is 4.57 Å². The van der Waals surface area contributed by atoms with Gasteiger partial charge in [0.25, 0.3) is 5.01 Å². The molecule has 0 aliphatic rings. The number of thiazole rings is 1. The molecular formula is C25H18NO3S+. The van der Waals surface area contributed by atoms with Crippen molar-refractivity contribution in [3.05, 3.63) is 105 Å². The van der Waals surface area contributed by atoms with E-state index in [-0.39, 0.29) is 11.2 Å². The van der Waals surface area contributed by atoms with Crippen LogP contribution in [-0.2, 0) is 6.54 Å². The first-order chi connectivity index (χ1) is 14.7. The van der Waals surface area contributed by atoms with Crippen LogP contribution in [-0.4, -0.2) is 5.11 Å². The highest BCUT2D eigenvalue weighted by Gasteiger charge is 2.18. The van der Waals surface area contributed by atoms with E-state index in [2.05, 4.69) is 28.8 Å². The molecule has 0 aliphatic carbocycles. The normalized spacial score (nSPS) is 11.6. The van der Waals surface area contributed by atoms with Crippen molar-refractivity contribution in [2.45, 2.75) is 6.54 Å². The van der Waals surface area contributed by atoms with Crippen LogP contribution in [0.1, 0.15) is 16.1 Å². The summed E-state index contributed by atoms with van der Waals surface area (Å²) in [5.41, 5.74) is 3.09. The summed E-state index contributed by atoms with van der Waals surface area (Å²) in [6, 6.07) is 23.1. The van der Waals surface area contributed by atoms with Crippen molar-refractivity contribution < 1.29 is 14.1 Å². The van der Waals surface area contributed by atoms with Gasteiger partial charge in [0.15, 0.2) is 12.0 Å². The molecule has 146 valence electrons. The van der Waals surface area contributed by atoms with Crippen LogP contribution in [0.15, 0.2) is 88.3 Å². The number of rotatable bonds is 4. The van der Waals surface area contributed by atoms with Crippen molar-refractivity contribution >= 4 is 44.7 Å². The zero-order valence-electron chi connectivity index (χ0n) is 16.0. The summed E-state index contributed by atoms with van der Waals surface area (Å²) in [4.78, 5) is 12.8. The summed E-state index contributed by atoms with van der Waals surface area (Å²) in [6.07, 6.45) is 5.20. The minimum atomic E-state index is -0.122. The van der Waals surface area contributed by atoms with Gasteiger partial charge in [0.05, 0.1) is 10.9 Å². The Morgan fingerprint density at radius 1 is 0.967 bits per heavy atom. The third-order valence-corrected chi connectivity index (χ3v) is 6.14. The number of hydrogen-bond donors (Lipinski definition) is 1. The van der Waals surface area contributed by atoms with Gasteiger partial charge in [0.1, 0.15) is 22.3 Å². The zero-order valence-corrected chi connectivity index (χ0v) is 16.8. The van der Waals surface area contributed by atoms with Crippen LogP contribution in [0.25, 0.3) is 33.3 Å². The molecule has 0 saturated heterocycles. The van der Waals surface area contributed by atoms with Crippen molar-refractivity contribution in [2.24, 2.45) is 0 Å². The number of aromatic nitrogens is 1. The quantitative estimate of drug-likeness (QED) is 0.412. The number of nitrogens with zero attached hydrogens (tertiary/aromatic N) is 1. The second kappa shape index (κ2) is 7.61. The number of para-hydroxylation sites is 1. The van der Waals surface area contributed by atoms with E-state index >= 15 is 0 Å². The van der Waals surface area contributed by atoms with E-state index in [9.17, 15) is 9.90 Å². The molecule has 1 N–H and O–H groups in total. The van der Waals surface area contributed by atoms with Gasteiger partial charge in [-0.25, -0.2) is 0 Å². The molecule has 0 atom stereocenters. The summed E-state index contributed by atoms with van der Waals surface area (Å²) >= 11 is 1.68. The van der Waals surface area contributed by atoms with Crippen molar-refractivity contribution in [2.75, 3.05) is 0 Å². The molecule has 2 aromatic heterocycles. The standard InChI is InChI=1S/C25H17NO3S/c27-19-11-12-20-22(14-19)29-16-18(25(20)28)10-13-24-26(15-17-6-2-1-3-7-17)21-8-4-5-9-23(21)30-24/h1-14,16H,15H2/p+1/b13-10+. The van der Waals surface area contributed by atoms with Crippen LogP contribution >= 0.6 is 11.3 Å². The number of fused-ring (bicyclic) bond motifs is 2. The Morgan fingerprint density at radius 3 is 2.63 bits per heavy atom. The van der Waals surface area contributed by atoms with Gasteiger partial charge in [-0.15, -0.1) is 0 Å². The van der Waals surface area contributed by atoms with Crippen LogP contribution in [0, 0.1) is 0 Å². The molecule has 5 heteroatoms. The van der Waals surface area contributed by atoms with Crippen LogP contribution in [0.3, 0.4) is 0 Å². The van der Waals surface area contributed by atoms with Crippen LogP contribution in [0.4, 0.5) is 0 Å². The Morgan fingerprint density at radius 2 is 1.77 bits per heavy atom. The molecule has 5 aromatic rings. The van der Waals surface area contributed by atoms with Crippen molar-refractivity contribution in [1.29, 1.82) is 0 Å². The van der Waals surface area contributed by atoms with E-state index in [0.717, 1.165) is 17.1 Å². The van der Waals surface area contributed by atoms with Crippen molar-refractivity contribution in [3.63, 3.8) is 0 Å². The number of hydrogen-bond acceptors (Lipinski definition) is 4. The molecule has 0 unspecified atom stereocenters. The molecule has 2 heterocycles. The summed E-state index contributed by atoms with van der Waals surface area (Å²) in [5, 5.41) is 11.1. The summed E-state index contributed by atoms with van der Waals surface area (Å²) in [6.45, 7) is 0.746. The highest BCUT2D eigenvalue weighted by atomic mass is 32.1. The molecule has 0 amide bonds. The van der Waals surface area contributed by atoms with Crippen molar-refractivity contribution in [3.8, 4) is 5.75 Å². The van der Waals surface area contributed by atoms with E-state index in [1.165, 1.54) is 28.7 Å². The van der Waals surface area contributed by atoms with Crippen molar-refractivity contribution in [1.82, 2.24) is 0 Å². The maximum atomic E-state index is 12.8. The molecule has 0 spiro atoms. The van der Waals surface area contributed by atoms with Gasteiger partial charge in [0.2, 0.25) is 5.52 Å². The van der Waals surface area contributed by atoms with Gasteiger partial charge < -0.3 is 9.52 Å². The molecular weight excluding hydrogens is 394 g/mol. The van der Waals surface area contributed by atoms with Crippen LogP contribution in [0.2, 0.25) is 0 Å². The Hall–Kier alpha value is -3.70. The molecule has 4 nitrogen and oxygen atoms in total. The first-order valence-corrected chi connectivity index (χ1v) is 10.4. The zero-order chi connectivity index (χ0) is 20.5. The molecule has 0 aliphatic heterocycles. The minimum Gasteiger partial charge on any atom is -0.508 e. The van der Waals surface area contributed by atoms with E-state index in [0.29, 0.717) is 16.5 Å². The lowest BCUT2D eigenvalue weighted by molar-refractivity contribution is -0.659. The summed E-state index contributed by atoms with van der Waals surface area (Å²) in [7, 11) is 0. The topological polar surface area (TPSA) is 54.3 Å². The maximum Gasteiger partial charge on any atom is 0.263 e. The highest BCUT2D eigenvalue weighted by Crippen LogP contribution is 2.23. The predicted octanol–water partition coefficient (Wildman–Crippen LogP) is 5.22. The highest BCUT2D eigenvalue weighted by molar-refractivity contribution is 7.18. The van der Waals surface area contributed by atoms with E-state index < -0.39 is 0 Å². The molecule has 0 saturated carbocycles. The fourth-order valence-corrected chi connectivity index (χ4v) is 4.58. The number of phenolic OH excluding ortho intramolecular Hbond substituents is 1. The lowest BCUT2D eigenvalue weighted by Crippen LogP contribution is -2.35. The first kappa shape index (κ1) is 18.3. The lowest BCUT2D eigenvalue weighted by Gasteiger charge is -2.00. The van der Waals surface area contributed by atoms with Gasteiger partial charge in [0, 0.05) is 23.8 Å². The molecule has 0 radical (unpaired) electrons.